The van der Waals surface area contributed by atoms with Crippen LogP contribution in [0.1, 0.15) is 16.8 Å². The van der Waals surface area contributed by atoms with E-state index in [0.717, 1.165) is 0 Å². The third-order valence-corrected chi connectivity index (χ3v) is 2.89. The van der Waals surface area contributed by atoms with E-state index in [-0.39, 0.29) is 37.5 Å². The summed E-state index contributed by atoms with van der Waals surface area (Å²) in [5.74, 6) is 0.433. The van der Waals surface area contributed by atoms with Gasteiger partial charge < -0.3 is 14.2 Å². The van der Waals surface area contributed by atoms with E-state index in [0.29, 0.717) is 17.1 Å². The lowest BCUT2D eigenvalue weighted by atomic mass is 9.97. The van der Waals surface area contributed by atoms with Gasteiger partial charge in [-0.1, -0.05) is 0 Å². The predicted octanol–water partition coefficient (Wildman–Crippen LogP) is 1.16. The van der Waals surface area contributed by atoms with Gasteiger partial charge in [0.2, 0.25) is 6.79 Å². The zero-order chi connectivity index (χ0) is 11.8. The summed E-state index contributed by atoms with van der Waals surface area (Å²) in [6, 6.07) is 5.03. The smallest absolute Gasteiger partial charge is 0.306 e. The van der Waals surface area contributed by atoms with Crippen LogP contribution < -0.4 is 9.47 Å². The summed E-state index contributed by atoms with van der Waals surface area (Å²) in [7, 11) is 0. The van der Waals surface area contributed by atoms with E-state index in [1.54, 1.807) is 18.2 Å². The van der Waals surface area contributed by atoms with Gasteiger partial charge in [-0.05, 0) is 18.2 Å². The largest absolute Gasteiger partial charge is 0.465 e. The molecule has 0 amide bonds. The zero-order valence-electron chi connectivity index (χ0n) is 8.97. The van der Waals surface area contributed by atoms with E-state index in [1.165, 1.54) is 0 Å². The number of benzene rings is 1. The van der Waals surface area contributed by atoms with Crippen molar-refractivity contribution in [2.45, 2.75) is 6.42 Å². The number of ether oxygens (including phenoxy) is 3. The van der Waals surface area contributed by atoms with Crippen molar-refractivity contribution in [1.29, 1.82) is 0 Å². The molecule has 0 N–H and O–H groups in total. The molecule has 1 fully saturated rings. The second-order valence-electron chi connectivity index (χ2n) is 4.02. The maximum atomic E-state index is 12.1. The molecular weight excluding hydrogens is 224 g/mol. The summed E-state index contributed by atoms with van der Waals surface area (Å²) in [6.45, 7) is 0.351. The number of Topliss-reactive ketones (excluding diaryl/α,β-unsaturated/α-hetero) is 1. The Morgan fingerprint density at radius 3 is 2.76 bits per heavy atom. The lowest BCUT2D eigenvalue weighted by molar-refractivity contribution is -0.137. The van der Waals surface area contributed by atoms with Gasteiger partial charge in [0.05, 0.1) is 12.3 Å². The summed E-state index contributed by atoms with van der Waals surface area (Å²) in [5.41, 5.74) is 0.526. The lowest BCUT2D eigenvalue weighted by Crippen LogP contribution is -2.14. The minimum absolute atomic E-state index is 0.0887. The van der Waals surface area contributed by atoms with Crippen molar-refractivity contribution >= 4 is 11.8 Å². The molecule has 1 saturated heterocycles. The molecule has 0 saturated carbocycles. The number of carbonyl (C=O) groups excluding carboxylic acids is 2. The van der Waals surface area contributed by atoms with Crippen molar-refractivity contribution in [1.82, 2.24) is 0 Å². The van der Waals surface area contributed by atoms with Gasteiger partial charge >= 0.3 is 5.97 Å². The van der Waals surface area contributed by atoms with Crippen molar-refractivity contribution in [3.05, 3.63) is 23.8 Å². The molecule has 17 heavy (non-hydrogen) atoms. The number of rotatable bonds is 2. The molecule has 88 valence electrons. The van der Waals surface area contributed by atoms with Gasteiger partial charge in [0.1, 0.15) is 6.61 Å². The standard InChI is InChI=1S/C12H10O5/c13-11-4-8(5-15-11)12(14)7-1-2-9-10(3-7)17-6-16-9/h1-3,8H,4-6H2. The van der Waals surface area contributed by atoms with E-state index in [4.69, 9.17) is 14.2 Å². The Morgan fingerprint density at radius 1 is 1.18 bits per heavy atom. The molecule has 0 aromatic heterocycles. The van der Waals surface area contributed by atoms with Crippen molar-refractivity contribution < 1.29 is 23.8 Å². The highest BCUT2D eigenvalue weighted by Gasteiger charge is 2.31. The normalized spacial score (nSPS) is 21.4. The topological polar surface area (TPSA) is 61.8 Å². The van der Waals surface area contributed by atoms with Crippen molar-refractivity contribution in [3.63, 3.8) is 0 Å². The van der Waals surface area contributed by atoms with Crippen molar-refractivity contribution in [2.24, 2.45) is 5.92 Å². The molecule has 1 atom stereocenters. The summed E-state index contributed by atoms with van der Waals surface area (Å²) in [4.78, 5) is 23.0. The fourth-order valence-electron chi connectivity index (χ4n) is 1.97. The molecular formula is C12H10O5. The number of esters is 1. The Labute approximate surface area is 97.3 Å². The van der Waals surface area contributed by atoms with Gasteiger partial charge in [-0.25, -0.2) is 0 Å². The van der Waals surface area contributed by atoms with Gasteiger partial charge in [0.25, 0.3) is 0 Å². The Kier molecular flexibility index (Phi) is 2.24. The lowest BCUT2D eigenvalue weighted by Gasteiger charge is -2.05. The maximum Gasteiger partial charge on any atom is 0.306 e. The van der Waals surface area contributed by atoms with E-state index in [2.05, 4.69) is 0 Å². The van der Waals surface area contributed by atoms with Gasteiger partial charge in [-0.3, -0.25) is 9.59 Å². The molecule has 3 rings (SSSR count). The maximum absolute atomic E-state index is 12.1. The fourth-order valence-corrected chi connectivity index (χ4v) is 1.97. The minimum Gasteiger partial charge on any atom is -0.465 e. The molecule has 2 aliphatic rings. The minimum atomic E-state index is -0.372. The first kappa shape index (κ1) is 10.1. The van der Waals surface area contributed by atoms with Gasteiger partial charge in [0.15, 0.2) is 17.3 Å². The van der Waals surface area contributed by atoms with Gasteiger partial charge in [-0.2, -0.15) is 0 Å². The second-order valence-corrected chi connectivity index (χ2v) is 4.02. The number of carbonyl (C=O) groups is 2. The van der Waals surface area contributed by atoms with Crippen molar-refractivity contribution in [3.8, 4) is 11.5 Å². The van der Waals surface area contributed by atoms with E-state index >= 15 is 0 Å². The predicted molar refractivity (Wildman–Crippen MR) is 56.0 cm³/mol. The summed E-state index contributed by atoms with van der Waals surface area (Å²) in [5, 5.41) is 0. The van der Waals surface area contributed by atoms with Crippen molar-refractivity contribution in [2.75, 3.05) is 13.4 Å². The zero-order valence-corrected chi connectivity index (χ0v) is 8.97. The average Bonchev–Trinajstić information content (AvgIpc) is 2.95. The van der Waals surface area contributed by atoms with Crippen LogP contribution in [0.25, 0.3) is 0 Å². The quantitative estimate of drug-likeness (QED) is 0.567. The Morgan fingerprint density at radius 2 is 2.00 bits per heavy atom. The van der Waals surface area contributed by atoms with Gasteiger partial charge in [-0.15, -0.1) is 0 Å². The molecule has 0 bridgehead atoms. The molecule has 5 heteroatoms. The molecule has 1 unspecified atom stereocenters. The third kappa shape index (κ3) is 1.73. The van der Waals surface area contributed by atoms with Crippen LogP contribution in [0.15, 0.2) is 18.2 Å². The number of fused-ring (bicyclic) bond motifs is 1. The molecule has 0 radical (unpaired) electrons. The number of ketones is 1. The van der Waals surface area contributed by atoms with Crippen LogP contribution in [-0.2, 0) is 9.53 Å². The van der Waals surface area contributed by atoms with Crippen LogP contribution in [-0.4, -0.2) is 25.2 Å². The van der Waals surface area contributed by atoms with E-state index in [1.807, 2.05) is 0 Å². The first-order valence-corrected chi connectivity index (χ1v) is 5.33. The second kappa shape index (κ2) is 3.76. The number of hydrogen-bond acceptors (Lipinski definition) is 5. The van der Waals surface area contributed by atoms with Crippen LogP contribution in [0.2, 0.25) is 0 Å². The molecule has 2 aliphatic heterocycles. The first-order valence-electron chi connectivity index (χ1n) is 5.33. The highest BCUT2D eigenvalue weighted by molar-refractivity contribution is 6.01. The Bertz CT molecular complexity index is 494. The molecule has 1 aromatic rings. The third-order valence-electron chi connectivity index (χ3n) is 2.89. The number of cyclic esters (lactones) is 1. The Hall–Kier alpha value is -2.04. The molecule has 1 aromatic carbocycles. The van der Waals surface area contributed by atoms with Crippen LogP contribution in [0.4, 0.5) is 0 Å². The number of hydrogen-bond donors (Lipinski definition) is 0. The average molecular weight is 234 g/mol. The van der Waals surface area contributed by atoms with E-state index in [9.17, 15) is 9.59 Å². The van der Waals surface area contributed by atoms with Crippen LogP contribution in [0.5, 0.6) is 11.5 Å². The molecule has 5 nitrogen and oxygen atoms in total. The Balaban J connectivity index is 1.84. The summed E-state index contributed by atoms with van der Waals surface area (Å²) in [6.07, 6.45) is 0.160. The SMILES string of the molecule is O=C1CC(C(=O)c2ccc3c(c2)OCO3)CO1. The van der Waals surface area contributed by atoms with E-state index < -0.39 is 0 Å². The first-order chi connectivity index (χ1) is 8.24. The van der Waals surface area contributed by atoms with Crippen LogP contribution in [0, 0.1) is 5.92 Å². The van der Waals surface area contributed by atoms with Crippen LogP contribution >= 0.6 is 0 Å². The summed E-state index contributed by atoms with van der Waals surface area (Å²) >= 11 is 0. The fraction of sp³-hybridized carbons (Fsp3) is 0.333. The highest BCUT2D eigenvalue weighted by atomic mass is 16.7. The summed E-state index contributed by atoms with van der Waals surface area (Å²) < 4.78 is 15.1. The molecule has 2 heterocycles. The molecule has 0 spiro atoms. The highest BCUT2D eigenvalue weighted by Crippen LogP contribution is 2.33. The molecule has 0 aliphatic carbocycles. The van der Waals surface area contributed by atoms with Gasteiger partial charge in [0, 0.05) is 5.56 Å². The monoisotopic (exact) mass is 234 g/mol. The van der Waals surface area contributed by atoms with Crippen LogP contribution in [0.3, 0.4) is 0 Å².